The molecule has 3 heteroatoms. The third-order valence-corrected chi connectivity index (χ3v) is 4.01. The van der Waals surface area contributed by atoms with Gasteiger partial charge in [0.15, 0.2) is 5.96 Å². The van der Waals surface area contributed by atoms with Crippen molar-refractivity contribution in [2.75, 3.05) is 13.1 Å². The Morgan fingerprint density at radius 1 is 1.25 bits per heavy atom. The van der Waals surface area contributed by atoms with Crippen molar-refractivity contribution in [3.05, 3.63) is 35.9 Å². The molecular formula is C17H27N3. The number of guanidine groups is 1. The Labute approximate surface area is 122 Å². The predicted octanol–water partition coefficient (Wildman–Crippen LogP) is 3.07. The molecule has 1 aliphatic carbocycles. The third-order valence-electron chi connectivity index (χ3n) is 4.01. The van der Waals surface area contributed by atoms with Gasteiger partial charge in [0.25, 0.3) is 0 Å². The van der Waals surface area contributed by atoms with Crippen LogP contribution >= 0.6 is 0 Å². The summed E-state index contributed by atoms with van der Waals surface area (Å²) in [6.07, 6.45) is 3.82. The van der Waals surface area contributed by atoms with Gasteiger partial charge in [-0.05, 0) is 39.2 Å². The van der Waals surface area contributed by atoms with E-state index in [1.165, 1.54) is 24.8 Å². The molecule has 20 heavy (non-hydrogen) atoms. The number of hydrogen-bond acceptors (Lipinski definition) is 1. The normalized spacial score (nSPS) is 17.7. The Kier molecular flexibility index (Phi) is 5.05. The fourth-order valence-electron chi connectivity index (χ4n) is 2.76. The Morgan fingerprint density at radius 3 is 2.45 bits per heavy atom. The Morgan fingerprint density at radius 2 is 1.95 bits per heavy atom. The molecule has 3 nitrogen and oxygen atoms in total. The lowest BCUT2D eigenvalue weighted by Gasteiger charge is -2.41. The molecule has 0 atom stereocenters. The average Bonchev–Trinajstić information content (AvgIpc) is 2.38. The molecule has 1 aliphatic rings. The van der Waals surface area contributed by atoms with Crippen LogP contribution in [0.1, 0.15) is 45.6 Å². The zero-order chi connectivity index (χ0) is 14.4. The molecule has 1 saturated carbocycles. The van der Waals surface area contributed by atoms with Crippen LogP contribution in [0.25, 0.3) is 0 Å². The van der Waals surface area contributed by atoms with E-state index in [4.69, 9.17) is 4.99 Å². The summed E-state index contributed by atoms with van der Waals surface area (Å²) in [4.78, 5) is 4.82. The van der Waals surface area contributed by atoms with Crippen molar-refractivity contribution in [1.82, 2.24) is 10.6 Å². The zero-order valence-electron chi connectivity index (χ0n) is 12.9. The SMILES string of the molecule is CCNC(=NCC1(c2ccccc2)CCC1)NC(C)C. The van der Waals surface area contributed by atoms with E-state index in [9.17, 15) is 0 Å². The Bertz CT molecular complexity index is 433. The molecule has 0 amide bonds. The fourth-order valence-corrected chi connectivity index (χ4v) is 2.76. The minimum Gasteiger partial charge on any atom is -0.357 e. The highest BCUT2D eigenvalue weighted by Crippen LogP contribution is 2.43. The number of nitrogens with zero attached hydrogens (tertiary/aromatic N) is 1. The summed E-state index contributed by atoms with van der Waals surface area (Å²) >= 11 is 0. The van der Waals surface area contributed by atoms with Gasteiger partial charge >= 0.3 is 0 Å². The first-order chi connectivity index (χ1) is 9.66. The van der Waals surface area contributed by atoms with Crippen molar-refractivity contribution in [3.8, 4) is 0 Å². The van der Waals surface area contributed by atoms with E-state index < -0.39 is 0 Å². The molecule has 0 unspecified atom stereocenters. The molecule has 2 rings (SSSR count). The van der Waals surface area contributed by atoms with Crippen LogP contribution in [0, 0.1) is 0 Å². The van der Waals surface area contributed by atoms with Gasteiger partial charge in [-0.3, -0.25) is 4.99 Å². The minimum absolute atomic E-state index is 0.264. The van der Waals surface area contributed by atoms with Crippen LogP contribution in [0.3, 0.4) is 0 Å². The molecule has 1 aromatic carbocycles. The second kappa shape index (κ2) is 6.78. The quantitative estimate of drug-likeness (QED) is 0.639. The monoisotopic (exact) mass is 273 g/mol. The molecule has 1 fully saturated rings. The summed E-state index contributed by atoms with van der Waals surface area (Å²) in [5.74, 6) is 0.935. The molecule has 0 saturated heterocycles. The van der Waals surface area contributed by atoms with Gasteiger partial charge in [-0.25, -0.2) is 0 Å². The van der Waals surface area contributed by atoms with Crippen LogP contribution in [0.4, 0.5) is 0 Å². The van der Waals surface area contributed by atoms with Crippen molar-refractivity contribution in [1.29, 1.82) is 0 Å². The summed E-state index contributed by atoms with van der Waals surface area (Å²) in [6.45, 7) is 8.16. The second-order valence-electron chi connectivity index (χ2n) is 5.99. The standard InChI is InChI=1S/C17H27N3/c1-4-18-16(20-14(2)3)19-13-17(11-8-12-17)15-9-6-5-7-10-15/h5-7,9-10,14H,4,8,11-13H2,1-3H3,(H2,18,19,20). The summed E-state index contributed by atoms with van der Waals surface area (Å²) in [7, 11) is 0. The number of hydrogen-bond donors (Lipinski definition) is 2. The van der Waals surface area contributed by atoms with E-state index in [0.29, 0.717) is 6.04 Å². The van der Waals surface area contributed by atoms with E-state index >= 15 is 0 Å². The zero-order valence-corrected chi connectivity index (χ0v) is 12.9. The average molecular weight is 273 g/mol. The first kappa shape index (κ1) is 14.9. The topological polar surface area (TPSA) is 36.4 Å². The highest BCUT2D eigenvalue weighted by molar-refractivity contribution is 5.80. The maximum absolute atomic E-state index is 4.82. The molecule has 0 aliphatic heterocycles. The van der Waals surface area contributed by atoms with Gasteiger partial charge in [-0.2, -0.15) is 0 Å². The number of nitrogens with one attached hydrogen (secondary N) is 2. The largest absolute Gasteiger partial charge is 0.357 e. The minimum atomic E-state index is 0.264. The summed E-state index contributed by atoms with van der Waals surface area (Å²) in [5, 5.41) is 6.72. The lowest BCUT2D eigenvalue weighted by atomic mass is 9.64. The molecule has 0 heterocycles. The van der Waals surface area contributed by atoms with Gasteiger partial charge in [0.05, 0.1) is 6.54 Å². The lowest BCUT2D eigenvalue weighted by Crippen LogP contribution is -2.43. The highest BCUT2D eigenvalue weighted by Gasteiger charge is 2.38. The summed E-state index contributed by atoms with van der Waals surface area (Å²) in [6, 6.07) is 11.3. The van der Waals surface area contributed by atoms with Crippen LogP contribution in [-0.4, -0.2) is 25.1 Å². The first-order valence-corrected chi connectivity index (χ1v) is 7.77. The van der Waals surface area contributed by atoms with E-state index in [1.807, 2.05) is 0 Å². The Hall–Kier alpha value is -1.51. The molecular weight excluding hydrogens is 246 g/mol. The van der Waals surface area contributed by atoms with Crippen molar-refractivity contribution >= 4 is 5.96 Å². The van der Waals surface area contributed by atoms with Gasteiger partial charge in [0, 0.05) is 18.0 Å². The molecule has 0 spiro atoms. The van der Waals surface area contributed by atoms with Crippen molar-refractivity contribution < 1.29 is 0 Å². The third kappa shape index (κ3) is 3.53. The first-order valence-electron chi connectivity index (χ1n) is 7.77. The van der Waals surface area contributed by atoms with Gasteiger partial charge < -0.3 is 10.6 Å². The van der Waals surface area contributed by atoms with E-state index in [-0.39, 0.29) is 5.41 Å². The number of aliphatic imine (C=N–C) groups is 1. The van der Waals surface area contributed by atoms with Gasteiger partial charge in [0.1, 0.15) is 0 Å². The fraction of sp³-hybridized carbons (Fsp3) is 0.588. The lowest BCUT2D eigenvalue weighted by molar-refractivity contribution is 0.253. The number of rotatable bonds is 5. The summed E-state index contributed by atoms with van der Waals surface area (Å²) in [5.41, 5.74) is 1.70. The van der Waals surface area contributed by atoms with Crippen molar-refractivity contribution in [2.45, 2.75) is 51.5 Å². The maximum atomic E-state index is 4.82. The smallest absolute Gasteiger partial charge is 0.191 e. The predicted molar refractivity (Wildman–Crippen MR) is 86.2 cm³/mol. The van der Waals surface area contributed by atoms with E-state index in [2.05, 4.69) is 61.7 Å². The van der Waals surface area contributed by atoms with Crippen LogP contribution in [0.2, 0.25) is 0 Å². The molecule has 110 valence electrons. The highest BCUT2D eigenvalue weighted by atomic mass is 15.2. The number of benzene rings is 1. The summed E-state index contributed by atoms with van der Waals surface area (Å²) < 4.78 is 0. The maximum Gasteiger partial charge on any atom is 0.191 e. The van der Waals surface area contributed by atoms with Crippen LogP contribution in [0.15, 0.2) is 35.3 Å². The molecule has 2 N–H and O–H groups in total. The molecule has 0 bridgehead atoms. The van der Waals surface area contributed by atoms with Crippen LogP contribution in [0.5, 0.6) is 0 Å². The van der Waals surface area contributed by atoms with Gasteiger partial charge in [-0.1, -0.05) is 36.8 Å². The van der Waals surface area contributed by atoms with E-state index in [1.54, 1.807) is 0 Å². The molecule has 0 radical (unpaired) electrons. The van der Waals surface area contributed by atoms with Crippen molar-refractivity contribution in [3.63, 3.8) is 0 Å². The van der Waals surface area contributed by atoms with Crippen molar-refractivity contribution in [2.24, 2.45) is 4.99 Å². The van der Waals surface area contributed by atoms with Crippen LogP contribution < -0.4 is 10.6 Å². The van der Waals surface area contributed by atoms with E-state index in [0.717, 1.165) is 19.0 Å². The van der Waals surface area contributed by atoms with Crippen LogP contribution in [-0.2, 0) is 5.41 Å². The van der Waals surface area contributed by atoms with Gasteiger partial charge in [-0.15, -0.1) is 0 Å². The van der Waals surface area contributed by atoms with Gasteiger partial charge in [0.2, 0.25) is 0 Å². The second-order valence-corrected chi connectivity index (χ2v) is 5.99. The molecule has 0 aromatic heterocycles. The molecule has 1 aromatic rings. The Balaban J connectivity index is 2.09.